The number of aliphatic carboxylic acids is 1. The Kier molecular flexibility index (Phi) is 3.27. The van der Waals surface area contributed by atoms with Gasteiger partial charge in [-0.2, -0.15) is 5.10 Å². The van der Waals surface area contributed by atoms with Gasteiger partial charge in [0.1, 0.15) is 5.75 Å². The monoisotopic (exact) mass is 248 g/mol. The summed E-state index contributed by atoms with van der Waals surface area (Å²) in [6, 6.07) is 6.83. The number of rotatable bonds is 4. The van der Waals surface area contributed by atoms with Crippen molar-refractivity contribution in [2.75, 3.05) is 12.1 Å². The molecule has 0 spiro atoms. The molecule has 18 heavy (non-hydrogen) atoms. The van der Waals surface area contributed by atoms with Gasteiger partial charge in [-0.1, -0.05) is 0 Å². The Labute approximate surface area is 103 Å². The lowest BCUT2D eigenvalue weighted by atomic mass is 10.2. The van der Waals surface area contributed by atoms with Crippen LogP contribution in [0, 0.1) is 0 Å². The molecule has 1 amide bonds. The van der Waals surface area contributed by atoms with Crippen molar-refractivity contribution in [2.45, 2.75) is 12.8 Å². The number of methoxy groups -OCH3 is 1. The molecule has 0 unspecified atom stereocenters. The fourth-order valence-electron chi connectivity index (χ4n) is 1.68. The van der Waals surface area contributed by atoms with Crippen LogP contribution in [0.15, 0.2) is 29.4 Å². The van der Waals surface area contributed by atoms with E-state index >= 15 is 0 Å². The molecule has 0 fully saturated rings. The van der Waals surface area contributed by atoms with Crippen LogP contribution < -0.4 is 9.75 Å². The fraction of sp³-hybridized carbons (Fsp3) is 0.250. The largest absolute Gasteiger partial charge is 0.497 e. The van der Waals surface area contributed by atoms with E-state index in [0.717, 1.165) is 0 Å². The summed E-state index contributed by atoms with van der Waals surface area (Å²) in [5, 5.41) is 13.9. The topological polar surface area (TPSA) is 79.2 Å². The molecule has 0 radical (unpaired) electrons. The van der Waals surface area contributed by atoms with Crippen LogP contribution in [0.5, 0.6) is 5.75 Å². The van der Waals surface area contributed by atoms with Crippen LogP contribution in [0.3, 0.4) is 0 Å². The average molecular weight is 248 g/mol. The van der Waals surface area contributed by atoms with Crippen LogP contribution in [0.4, 0.5) is 5.69 Å². The van der Waals surface area contributed by atoms with Gasteiger partial charge in [0.2, 0.25) is 0 Å². The molecule has 0 saturated carbocycles. The van der Waals surface area contributed by atoms with E-state index in [1.165, 1.54) is 5.01 Å². The van der Waals surface area contributed by atoms with E-state index in [1.807, 2.05) is 0 Å². The van der Waals surface area contributed by atoms with E-state index in [2.05, 4.69) is 5.10 Å². The second kappa shape index (κ2) is 4.87. The number of amides is 1. The van der Waals surface area contributed by atoms with Gasteiger partial charge in [-0.3, -0.25) is 9.59 Å². The highest BCUT2D eigenvalue weighted by atomic mass is 16.5. The summed E-state index contributed by atoms with van der Waals surface area (Å²) < 4.78 is 5.02. The van der Waals surface area contributed by atoms with Crippen molar-refractivity contribution in [3.05, 3.63) is 24.3 Å². The van der Waals surface area contributed by atoms with E-state index in [4.69, 9.17) is 9.84 Å². The molecular formula is C12H12N2O4. The number of anilines is 1. The highest BCUT2D eigenvalue weighted by molar-refractivity contribution is 6.16. The predicted molar refractivity (Wildman–Crippen MR) is 64.8 cm³/mol. The molecule has 1 N–H and O–H groups in total. The van der Waals surface area contributed by atoms with Gasteiger partial charge in [-0.25, -0.2) is 5.01 Å². The van der Waals surface area contributed by atoms with Crippen molar-refractivity contribution in [3.8, 4) is 5.75 Å². The molecule has 1 aliphatic rings. The first kappa shape index (κ1) is 12.1. The molecular weight excluding hydrogens is 236 g/mol. The number of nitrogens with zero attached hydrogens (tertiary/aromatic N) is 2. The van der Waals surface area contributed by atoms with Crippen molar-refractivity contribution < 1.29 is 19.4 Å². The van der Waals surface area contributed by atoms with E-state index in [9.17, 15) is 9.59 Å². The first-order valence-corrected chi connectivity index (χ1v) is 5.35. The number of ether oxygens (including phenoxy) is 1. The number of carbonyl (C=O) groups is 2. The van der Waals surface area contributed by atoms with Gasteiger partial charge in [-0.15, -0.1) is 0 Å². The van der Waals surface area contributed by atoms with E-state index in [-0.39, 0.29) is 18.7 Å². The number of carboxylic acid groups (broad SMARTS) is 1. The Morgan fingerprint density at radius 2 is 2.11 bits per heavy atom. The van der Waals surface area contributed by atoms with Crippen LogP contribution in [-0.2, 0) is 9.59 Å². The maximum absolute atomic E-state index is 11.7. The lowest BCUT2D eigenvalue weighted by molar-refractivity contribution is -0.135. The second-order valence-corrected chi connectivity index (χ2v) is 3.82. The molecule has 1 aliphatic heterocycles. The Hall–Kier alpha value is -2.37. The van der Waals surface area contributed by atoms with Crippen molar-refractivity contribution in [1.82, 2.24) is 0 Å². The third-order valence-corrected chi connectivity index (χ3v) is 2.51. The first-order chi connectivity index (χ1) is 8.60. The quantitative estimate of drug-likeness (QED) is 0.870. The number of hydrogen-bond donors (Lipinski definition) is 1. The summed E-state index contributed by atoms with van der Waals surface area (Å²) in [6.07, 6.45) is -0.156. The number of carboxylic acids is 1. The minimum Gasteiger partial charge on any atom is -0.497 e. The molecule has 0 atom stereocenters. The standard InChI is InChI=1S/C12H12N2O4/c1-18-10-4-2-9(3-5-10)14-11(15)6-8(13-14)7-12(16)17/h2-5H,6-7H2,1H3,(H,16,17). The van der Waals surface area contributed by atoms with E-state index < -0.39 is 5.97 Å². The van der Waals surface area contributed by atoms with Gasteiger partial charge in [0.15, 0.2) is 0 Å². The van der Waals surface area contributed by atoms with Crippen molar-refractivity contribution in [1.29, 1.82) is 0 Å². The molecule has 1 aromatic rings. The Balaban J connectivity index is 2.19. The maximum atomic E-state index is 11.7. The zero-order valence-electron chi connectivity index (χ0n) is 9.79. The van der Waals surface area contributed by atoms with Crippen LogP contribution in [-0.4, -0.2) is 29.8 Å². The van der Waals surface area contributed by atoms with E-state index in [0.29, 0.717) is 17.1 Å². The van der Waals surface area contributed by atoms with Crippen LogP contribution >= 0.6 is 0 Å². The summed E-state index contributed by atoms with van der Waals surface area (Å²) in [6.45, 7) is 0. The number of hydrazone groups is 1. The van der Waals surface area contributed by atoms with Crippen LogP contribution in [0.1, 0.15) is 12.8 Å². The summed E-state index contributed by atoms with van der Waals surface area (Å²) >= 11 is 0. The molecule has 0 saturated heterocycles. The van der Waals surface area contributed by atoms with Crippen LogP contribution in [0.25, 0.3) is 0 Å². The molecule has 0 aromatic heterocycles. The molecule has 2 rings (SSSR count). The minimum atomic E-state index is -0.988. The lowest BCUT2D eigenvalue weighted by Gasteiger charge is -2.11. The summed E-state index contributed by atoms with van der Waals surface area (Å²) in [5.74, 6) is -0.533. The molecule has 1 aromatic carbocycles. The number of benzene rings is 1. The highest BCUT2D eigenvalue weighted by Gasteiger charge is 2.26. The van der Waals surface area contributed by atoms with Gasteiger partial charge < -0.3 is 9.84 Å². The number of carbonyl (C=O) groups excluding carboxylic acids is 1. The Morgan fingerprint density at radius 3 is 2.67 bits per heavy atom. The van der Waals surface area contributed by atoms with E-state index in [1.54, 1.807) is 31.4 Å². The minimum absolute atomic E-state index is 0.0539. The molecule has 6 nitrogen and oxygen atoms in total. The summed E-state index contributed by atoms with van der Waals surface area (Å²) in [5.41, 5.74) is 0.963. The first-order valence-electron chi connectivity index (χ1n) is 5.35. The van der Waals surface area contributed by atoms with Crippen molar-refractivity contribution in [3.63, 3.8) is 0 Å². The molecule has 0 aliphatic carbocycles. The highest BCUT2D eigenvalue weighted by Crippen LogP contribution is 2.23. The van der Waals surface area contributed by atoms with Gasteiger partial charge in [-0.05, 0) is 24.3 Å². The van der Waals surface area contributed by atoms with Crippen molar-refractivity contribution >= 4 is 23.3 Å². The van der Waals surface area contributed by atoms with Gasteiger partial charge in [0.05, 0.1) is 31.4 Å². The summed E-state index contributed by atoms with van der Waals surface area (Å²) in [4.78, 5) is 22.3. The Bertz CT molecular complexity index is 507. The normalized spacial score (nSPS) is 14.6. The molecule has 1 heterocycles. The second-order valence-electron chi connectivity index (χ2n) is 3.82. The average Bonchev–Trinajstić information content (AvgIpc) is 2.69. The number of hydrogen-bond acceptors (Lipinski definition) is 4. The van der Waals surface area contributed by atoms with Gasteiger partial charge in [0.25, 0.3) is 5.91 Å². The third kappa shape index (κ3) is 2.48. The fourth-order valence-corrected chi connectivity index (χ4v) is 1.68. The summed E-state index contributed by atoms with van der Waals surface area (Å²) in [7, 11) is 1.55. The van der Waals surface area contributed by atoms with Gasteiger partial charge >= 0.3 is 5.97 Å². The van der Waals surface area contributed by atoms with Gasteiger partial charge in [0, 0.05) is 0 Å². The maximum Gasteiger partial charge on any atom is 0.309 e. The zero-order valence-corrected chi connectivity index (χ0v) is 9.79. The zero-order chi connectivity index (χ0) is 13.1. The Morgan fingerprint density at radius 1 is 1.44 bits per heavy atom. The molecule has 6 heteroatoms. The molecule has 94 valence electrons. The van der Waals surface area contributed by atoms with Crippen LogP contribution in [0.2, 0.25) is 0 Å². The molecule has 0 bridgehead atoms. The SMILES string of the molecule is COc1ccc(N2N=C(CC(=O)O)CC2=O)cc1. The lowest BCUT2D eigenvalue weighted by Crippen LogP contribution is -2.19. The third-order valence-electron chi connectivity index (χ3n) is 2.51. The predicted octanol–water partition coefficient (Wildman–Crippen LogP) is 1.26. The smallest absolute Gasteiger partial charge is 0.309 e. The van der Waals surface area contributed by atoms with Crippen molar-refractivity contribution in [2.24, 2.45) is 5.10 Å².